The van der Waals surface area contributed by atoms with Gasteiger partial charge in [0.05, 0.1) is 31.6 Å². The van der Waals surface area contributed by atoms with Gasteiger partial charge in [-0.1, -0.05) is 24.6 Å². The summed E-state index contributed by atoms with van der Waals surface area (Å²) < 4.78 is 14.0. The van der Waals surface area contributed by atoms with Gasteiger partial charge in [0.15, 0.2) is 0 Å². The van der Waals surface area contributed by atoms with Crippen molar-refractivity contribution < 1.29 is 9.29 Å². The quantitative estimate of drug-likeness (QED) is 0.672. The smallest absolute Gasteiger partial charge is 0.141 e. The average molecular weight is 412 g/mol. The molecule has 0 saturated carbocycles. The van der Waals surface area contributed by atoms with Crippen LogP contribution in [0.5, 0.6) is 0 Å². The molecule has 1 aromatic carbocycles. The predicted molar refractivity (Wildman–Crippen MR) is 116 cm³/mol. The van der Waals surface area contributed by atoms with Crippen molar-refractivity contribution in [2.24, 2.45) is 0 Å². The molecule has 1 N–H and O–H groups in total. The van der Waals surface area contributed by atoms with E-state index in [4.69, 9.17) is 9.97 Å². The van der Waals surface area contributed by atoms with E-state index in [2.05, 4.69) is 4.90 Å². The molecule has 2 aliphatic rings. The first kappa shape index (κ1) is 18.9. The summed E-state index contributed by atoms with van der Waals surface area (Å²) in [6, 6.07) is 7.16. The van der Waals surface area contributed by atoms with E-state index in [0.717, 1.165) is 56.4 Å². The molecule has 2 aromatic heterocycles. The minimum atomic E-state index is -0.0865. The number of aryl methyl sites for hydroxylation is 3. The number of nitrogens with one attached hydrogen (secondary N) is 1. The van der Waals surface area contributed by atoms with Gasteiger partial charge < -0.3 is 9.80 Å². The summed E-state index contributed by atoms with van der Waals surface area (Å²) in [5.41, 5.74) is 2.33. The van der Waals surface area contributed by atoms with Gasteiger partial charge in [-0.25, -0.2) is 14.4 Å². The lowest BCUT2D eigenvalue weighted by molar-refractivity contribution is -0.914. The number of quaternary nitrogens is 1. The van der Waals surface area contributed by atoms with Gasteiger partial charge in [-0.15, -0.1) is 11.3 Å². The molecule has 1 saturated heterocycles. The molecule has 3 heterocycles. The van der Waals surface area contributed by atoms with E-state index in [0.29, 0.717) is 0 Å². The normalized spacial score (nSPS) is 18.1. The average Bonchev–Trinajstić information content (AvgIpc) is 2.90. The second-order valence-corrected chi connectivity index (χ2v) is 9.43. The van der Waals surface area contributed by atoms with Crippen LogP contribution in [-0.4, -0.2) is 36.1 Å². The van der Waals surface area contributed by atoms with Crippen LogP contribution in [0.1, 0.15) is 41.1 Å². The first-order chi connectivity index (χ1) is 14.2. The lowest BCUT2D eigenvalue weighted by atomic mass is 10.1. The van der Waals surface area contributed by atoms with Crippen LogP contribution >= 0.6 is 11.3 Å². The Bertz CT molecular complexity index is 1020. The van der Waals surface area contributed by atoms with Gasteiger partial charge in [0, 0.05) is 10.4 Å². The Labute approximate surface area is 175 Å². The third-order valence-corrected chi connectivity index (χ3v) is 7.51. The van der Waals surface area contributed by atoms with Gasteiger partial charge in [0.2, 0.25) is 0 Å². The van der Waals surface area contributed by atoms with E-state index in [1.807, 2.05) is 30.4 Å². The highest BCUT2D eigenvalue weighted by atomic mass is 32.1. The number of halogens is 1. The molecule has 0 unspecified atom stereocenters. The SMILES string of the molecule is Cc1nc(N2CC[NH+](Cc3ccccc3F)CC2)c2c3c(sc2n1)CCCCC3. The Morgan fingerprint density at radius 2 is 1.86 bits per heavy atom. The molecule has 6 heteroatoms. The Hall–Kier alpha value is -2.05. The van der Waals surface area contributed by atoms with Crippen LogP contribution in [0, 0.1) is 12.7 Å². The summed E-state index contributed by atoms with van der Waals surface area (Å²) >= 11 is 1.88. The Morgan fingerprint density at radius 1 is 1.07 bits per heavy atom. The monoisotopic (exact) mass is 411 g/mol. The lowest BCUT2D eigenvalue weighted by Gasteiger charge is -2.33. The van der Waals surface area contributed by atoms with E-state index < -0.39 is 0 Å². The zero-order valence-electron chi connectivity index (χ0n) is 17.0. The summed E-state index contributed by atoms with van der Waals surface area (Å²) in [5.74, 6) is 1.92. The van der Waals surface area contributed by atoms with Crippen LogP contribution in [0.15, 0.2) is 24.3 Å². The van der Waals surface area contributed by atoms with Crippen molar-refractivity contribution >= 4 is 27.4 Å². The number of thiophene rings is 1. The molecular weight excluding hydrogens is 383 g/mol. The molecule has 1 fully saturated rings. The third kappa shape index (κ3) is 3.76. The summed E-state index contributed by atoms with van der Waals surface area (Å²) in [7, 11) is 0. The number of anilines is 1. The predicted octanol–water partition coefficient (Wildman–Crippen LogP) is 3.31. The molecule has 4 nitrogen and oxygen atoms in total. The fraction of sp³-hybridized carbons (Fsp3) is 0.478. The molecule has 0 radical (unpaired) electrons. The van der Waals surface area contributed by atoms with Crippen molar-refractivity contribution in [1.82, 2.24) is 9.97 Å². The maximum Gasteiger partial charge on any atom is 0.141 e. The van der Waals surface area contributed by atoms with Crippen LogP contribution < -0.4 is 9.80 Å². The van der Waals surface area contributed by atoms with Gasteiger partial charge in [-0.05, 0) is 44.2 Å². The van der Waals surface area contributed by atoms with Crippen LogP contribution in [-0.2, 0) is 19.4 Å². The standard InChI is InChI=1S/C23H27FN4S/c1-16-25-22(21-18-8-3-2-4-10-20(18)29-23(21)26-16)28-13-11-27(12-14-28)15-17-7-5-6-9-19(17)24/h5-7,9H,2-4,8,10-15H2,1H3/p+1. The third-order valence-electron chi connectivity index (χ3n) is 6.33. The fourth-order valence-corrected chi connectivity index (χ4v) is 6.07. The van der Waals surface area contributed by atoms with Crippen molar-refractivity contribution in [2.45, 2.75) is 45.6 Å². The number of hydrogen-bond donors (Lipinski definition) is 1. The van der Waals surface area contributed by atoms with Crippen molar-refractivity contribution in [1.29, 1.82) is 0 Å². The zero-order valence-corrected chi connectivity index (χ0v) is 17.8. The molecule has 0 spiro atoms. The van der Waals surface area contributed by atoms with Gasteiger partial charge in [0.25, 0.3) is 0 Å². The van der Waals surface area contributed by atoms with Gasteiger partial charge in [0.1, 0.15) is 28.8 Å². The van der Waals surface area contributed by atoms with E-state index in [1.54, 1.807) is 12.1 Å². The molecule has 29 heavy (non-hydrogen) atoms. The van der Waals surface area contributed by atoms with Crippen molar-refractivity contribution in [3.63, 3.8) is 0 Å². The van der Waals surface area contributed by atoms with Crippen LogP contribution in [0.2, 0.25) is 0 Å². The van der Waals surface area contributed by atoms with E-state index in [-0.39, 0.29) is 5.82 Å². The van der Waals surface area contributed by atoms with Crippen molar-refractivity contribution in [3.8, 4) is 0 Å². The topological polar surface area (TPSA) is 33.5 Å². The van der Waals surface area contributed by atoms with Crippen LogP contribution in [0.25, 0.3) is 10.2 Å². The number of piperazine rings is 1. The number of aromatic nitrogens is 2. The van der Waals surface area contributed by atoms with Crippen molar-refractivity contribution in [2.75, 3.05) is 31.1 Å². The van der Waals surface area contributed by atoms with Gasteiger partial charge >= 0.3 is 0 Å². The van der Waals surface area contributed by atoms with Crippen molar-refractivity contribution in [3.05, 3.63) is 51.9 Å². The van der Waals surface area contributed by atoms with E-state index in [1.165, 1.54) is 51.2 Å². The molecule has 3 aromatic rings. The highest BCUT2D eigenvalue weighted by Crippen LogP contribution is 2.39. The second kappa shape index (κ2) is 8.00. The molecule has 1 aliphatic carbocycles. The summed E-state index contributed by atoms with van der Waals surface area (Å²) in [4.78, 5) is 16.3. The summed E-state index contributed by atoms with van der Waals surface area (Å²) in [6.45, 7) is 6.69. The highest BCUT2D eigenvalue weighted by molar-refractivity contribution is 7.19. The maximum atomic E-state index is 14.0. The maximum absolute atomic E-state index is 14.0. The summed E-state index contributed by atoms with van der Waals surface area (Å²) in [6.07, 6.45) is 6.23. The number of hydrogen-bond acceptors (Lipinski definition) is 4. The van der Waals surface area contributed by atoms with Gasteiger partial charge in [-0.3, -0.25) is 0 Å². The molecule has 0 bridgehead atoms. The van der Waals surface area contributed by atoms with Gasteiger partial charge in [-0.2, -0.15) is 0 Å². The largest absolute Gasteiger partial charge is 0.345 e. The summed E-state index contributed by atoms with van der Waals surface area (Å²) in [5, 5.41) is 1.31. The van der Waals surface area contributed by atoms with E-state index in [9.17, 15) is 4.39 Å². The fourth-order valence-electron chi connectivity index (χ4n) is 4.77. The minimum absolute atomic E-state index is 0.0865. The van der Waals surface area contributed by atoms with Crippen LogP contribution in [0.4, 0.5) is 10.2 Å². The van der Waals surface area contributed by atoms with Crippen LogP contribution in [0.3, 0.4) is 0 Å². The molecule has 0 atom stereocenters. The second-order valence-electron chi connectivity index (χ2n) is 8.34. The Morgan fingerprint density at radius 3 is 2.69 bits per heavy atom. The molecule has 152 valence electrons. The number of nitrogens with zero attached hydrogens (tertiary/aromatic N) is 3. The Balaban J connectivity index is 1.39. The molecular formula is C23H28FN4S+. The first-order valence-corrected chi connectivity index (χ1v) is 11.6. The Kier molecular flexibility index (Phi) is 5.22. The number of benzene rings is 1. The number of rotatable bonds is 3. The zero-order chi connectivity index (χ0) is 19.8. The lowest BCUT2D eigenvalue weighted by Crippen LogP contribution is -3.13. The molecule has 5 rings (SSSR count). The first-order valence-electron chi connectivity index (χ1n) is 10.8. The van der Waals surface area contributed by atoms with E-state index >= 15 is 0 Å². The highest BCUT2D eigenvalue weighted by Gasteiger charge is 2.27. The molecule has 1 aliphatic heterocycles. The number of fused-ring (bicyclic) bond motifs is 3. The molecule has 0 amide bonds. The minimum Gasteiger partial charge on any atom is -0.345 e.